The Morgan fingerprint density at radius 3 is 3.00 bits per heavy atom. The third-order valence-corrected chi connectivity index (χ3v) is 2.52. The zero-order valence-corrected chi connectivity index (χ0v) is 10.1. The number of carboxylic acid groups (broad SMARTS) is 1. The van der Waals surface area contributed by atoms with Crippen LogP contribution < -0.4 is 16.6 Å². The molecule has 8 nitrogen and oxygen atoms in total. The summed E-state index contributed by atoms with van der Waals surface area (Å²) in [5, 5.41) is 11.7. The number of aromatic amines is 1. The van der Waals surface area contributed by atoms with E-state index in [0.717, 1.165) is 0 Å². The van der Waals surface area contributed by atoms with E-state index in [1.807, 2.05) is 0 Å². The number of carboxylic acids is 1. The van der Waals surface area contributed by atoms with Crippen LogP contribution in [0.3, 0.4) is 0 Å². The van der Waals surface area contributed by atoms with Gasteiger partial charge in [0.25, 0.3) is 5.56 Å². The fourth-order valence-corrected chi connectivity index (χ4v) is 1.57. The Balaban J connectivity index is 2.15. The standard InChI is InChI=1S/C11H12N4O4/c1-5-7(11(17)18)2-6(19-5)3-13-9-8(12)10(16)15-4-14-9/h2,4H,3,12H2,1H3,(H,17,18)(H2,13,14,15,16). The number of nitrogen functional groups attached to an aromatic ring is 1. The van der Waals surface area contributed by atoms with Crippen LogP contribution in [0.5, 0.6) is 0 Å². The lowest BCUT2D eigenvalue weighted by Gasteiger charge is -2.04. The maximum Gasteiger partial charge on any atom is 0.339 e. The first-order chi connectivity index (χ1) is 8.99. The van der Waals surface area contributed by atoms with Crippen LogP contribution in [0.25, 0.3) is 0 Å². The largest absolute Gasteiger partial charge is 0.478 e. The summed E-state index contributed by atoms with van der Waals surface area (Å²) in [6, 6.07) is 1.41. The van der Waals surface area contributed by atoms with Crippen LogP contribution in [0.2, 0.25) is 0 Å². The fourth-order valence-electron chi connectivity index (χ4n) is 1.57. The summed E-state index contributed by atoms with van der Waals surface area (Å²) in [5.41, 5.74) is 5.15. The quantitative estimate of drug-likeness (QED) is 0.633. The second-order valence-corrected chi connectivity index (χ2v) is 3.84. The zero-order chi connectivity index (χ0) is 14.0. The molecule has 0 atom stereocenters. The second-order valence-electron chi connectivity index (χ2n) is 3.84. The molecule has 0 fully saturated rings. The van der Waals surface area contributed by atoms with Gasteiger partial charge in [-0.2, -0.15) is 0 Å². The number of nitrogens with two attached hydrogens (primary N) is 1. The minimum atomic E-state index is -1.05. The number of H-pyrrole nitrogens is 1. The summed E-state index contributed by atoms with van der Waals surface area (Å²) in [5.74, 6) is -0.108. The number of rotatable bonds is 4. The lowest BCUT2D eigenvalue weighted by molar-refractivity contribution is 0.0695. The van der Waals surface area contributed by atoms with Gasteiger partial charge in [0.2, 0.25) is 0 Å². The minimum Gasteiger partial charge on any atom is -0.478 e. The average molecular weight is 264 g/mol. The Morgan fingerprint density at radius 2 is 2.37 bits per heavy atom. The molecule has 100 valence electrons. The van der Waals surface area contributed by atoms with Gasteiger partial charge in [-0.15, -0.1) is 0 Å². The maximum atomic E-state index is 11.2. The molecule has 19 heavy (non-hydrogen) atoms. The fraction of sp³-hybridized carbons (Fsp3) is 0.182. The van der Waals surface area contributed by atoms with E-state index in [4.69, 9.17) is 15.3 Å². The monoisotopic (exact) mass is 264 g/mol. The van der Waals surface area contributed by atoms with Crippen LogP contribution in [0.1, 0.15) is 21.9 Å². The summed E-state index contributed by atoms with van der Waals surface area (Å²) in [6.45, 7) is 1.74. The van der Waals surface area contributed by atoms with Gasteiger partial charge in [-0.3, -0.25) is 4.79 Å². The highest BCUT2D eigenvalue weighted by atomic mass is 16.4. The van der Waals surface area contributed by atoms with Crippen molar-refractivity contribution >= 4 is 17.5 Å². The van der Waals surface area contributed by atoms with Crippen molar-refractivity contribution in [1.82, 2.24) is 9.97 Å². The van der Waals surface area contributed by atoms with Gasteiger partial charge in [0.15, 0.2) is 5.82 Å². The molecule has 2 aromatic rings. The van der Waals surface area contributed by atoms with Crippen molar-refractivity contribution in [3.8, 4) is 0 Å². The SMILES string of the molecule is Cc1oc(CNc2nc[nH]c(=O)c2N)cc1C(=O)O. The lowest BCUT2D eigenvalue weighted by atomic mass is 10.2. The van der Waals surface area contributed by atoms with E-state index >= 15 is 0 Å². The van der Waals surface area contributed by atoms with E-state index in [2.05, 4.69) is 15.3 Å². The molecule has 0 amide bonds. The molecule has 2 aromatic heterocycles. The van der Waals surface area contributed by atoms with Crippen molar-refractivity contribution in [3.63, 3.8) is 0 Å². The molecular weight excluding hydrogens is 252 g/mol. The van der Waals surface area contributed by atoms with Gasteiger partial charge in [-0.1, -0.05) is 0 Å². The number of nitrogens with zero attached hydrogens (tertiary/aromatic N) is 1. The van der Waals surface area contributed by atoms with Gasteiger partial charge in [-0.25, -0.2) is 9.78 Å². The molecule has 0 aromatic carbocycles. The predicted molar refractivity (Wildman–Crippen MR) is 67.0 cm³/mol. The normalized spacial score (nSPS) is 10.4. The van der Waals surface area contributed by atoms with Gasteiger partial charge in [-0.05, 0) is 13.0 Å². The van der Waals surface area contributed by atoms with Crippen molar-refractivity contribution in [3.05, 3.63) is 39.8 Å². The molecule has 2 rings (SSSR count). The average Bonchev–Trinajstić information content (AvgIpc) is 2.73. The summed E-state index contributed by atoms with van der Waals surface area (Å²) in [6.07, 6.45) is 1.22. The Kier molecular flexibility index (Phi) is 3.23. The molecule has 0 unspecified atom stereocenters. The molecule has 0 radical (unpaired) electrons. The van der Waals surface area contributed by atoms with Gasteiger partial charge >= 0.3 is 5.97 Å². The molecule has 0 saturated heterocycles. The molecule has 0 aliphatic heterocycles. The number of carbonyl (C=O) groups is 1. The van der Waals surface area contributed by atoms with Crippen LogP contribution in [0.15, 0.2) is 21.6 Å². The Bertz CT molecular complexity index is 674. The number of aryl methyl sites for hydroxylation is 1. The van der Waals surface area contributed by atoms with E-state index in [0.29, 0.717) is 11.5 Å². The third kappa shape index (κ3) is 2.57. The minimum absolute atomic E-state index is 0.0377. The molecule has 0 aliphatic carbocycles. The second kappa shape index (κ2) is 4.84. The number of hydrogen-bond donors (Lipinski definition) is 4. The van der Waals surface area contributed by atoms with Crippen LogP contribution >= 0.6 is 0 Å². The number of aromatic carboxylic acids is 1. The van der Waals surface area contributed by atoms with Gasteiger partial charge in [0, 0.05) is 0 Å². The number of anilines is 2. The number of furan rings is 1. The van der Waals surface area contributed by atoms with E-state index in [1.54, 1.807) is 6.92 Å². The molecule has 0 spiro atoms. The van der Waals surface area contributed by atoms with Gasteiger partial charge in [0.05, 0.1) is 12.9 Å². The molecule has 0 saturated carbocycles. The molecule has 0 bridgehead atoms. The van der Waals surface area contributed by atoms with Crippen molar-refractivity contribution in [2.24, 2.45) is 0 Å². The first-order valence-electron chi connectivity index (χ1n) is 5.38. The molecular formula is C11H12N4O4. The van der Waals surface area contributed by atoms with Crippen molar-refractivity contribution in [1.29, 1.82) is 0 Å². The van der Waals surface area contributed by atoms with Gasteiger partial charge in [0.1, 0.15) is 22.8 Å². The zero-order valence-electron chi connectivity index (χ0n) is 10.1. The summed E-state index contributed by atoms with van der Waals surface area (Å²) in [4.78, 5) is 28.3. The van der Waals surface area contributed by atoms with Crippen molar-refractivity contribution in [2.45, 2.75) is 13.5 Å². The highest BCUT2D eigenvalue weighted by molar-refractivity contribution is 5.88. The number of hydrogen-bond acceptors (Lipinski definition) is 6. The predicted octanol–water partition coefficient (Wildman–Crippen LogP) is 0.564. The van der Waals surface area contributed by atoms with E-state index in [9.17, 15) is 9.59 Å². The van der Waals surface area contributed by atoms with Gasteiger partial charge < -0.3 is 25.6 Å². The first kappa shape index (κ1) is 12.7. The third-order valence-electron chi connectivity index (χ3n) is 2.52. The molecule has 5 N–H and O–H groups in total. The Hall–Kier alpha value is -2.77. The highest BCUT2D eigenvalue weighted by Crippen LogP contribution is 2.16. The van der Waals surface area contributed by atoms with E-state index in [1.165, 1.54) is 12.4 Å². The van der Waals surface area contributed by atoms with Crippen LogP contribution in [0.4, 0.5) is 11.5 Å². The van der Waals surface area contributed by atoms with Crippen molar-refractivity contribution in [2.75, 3.05) is 11.1 Å². The van der Waals surface area contributed by atoms with Crippen LogP contribution in [0, 0.1) is 6.92 Å². The topological polar surface area (TPSA) is 134 Å². The Labute approximate surface area is 107 Å². The smallest absolute Gasteiger partial charge is 0.339 e. The molecule has 8 heteroatoms. The lowest BCUT2D eigenvalue weighted by Crippen LogP contribution is -2.16. The Morgan fingerprint density at radius 1 is 1.63 bits per heavy atom. The molecule has 2 heterocycles. The summed E-state index contributed by atoms with van der Waals surface area (Å²) < 4.78 is 5.27. The summed E-state index contributed by atoms with van der Waals surface area (Å²) >= 11 is 0. The highest BCUT2D eigenvalue weighted by Gasteiger charge is 2.14. The number of aromatic nitrogens is 2. The van der Waals surface area contributed by atoms with E-state index in [-0.39, 0.29) is 23.6 Å². The van der Waals surface area contributed by atoms with Crippen molar-refractivity contribution < 1.29 is 14.3 Å². The maximum absolute atomic E-state index is 11.2. The van der Waals surface area contributed by atoms with Crippen LogP contribution in [-0.4, -0.2) is 21.0 Å². The van der Waals surface area contributed by atoms with E-state index < -0.39 is 11.5 Å². The first-order valence-corrected chi connectivity index (χ1v) is 5.38. The molecule has 0 aliphatic rings. The number of nitrogens with one attached hydrogen (secondary N) is 2. The van der Waals surface area contributed by atoms with Crippen LogP contribution in [-0.2, 0) is 6.54 Å². The summed E-state index contributed by atoms with van der Waals surface area (Å²) in [7, 11) is 0.